The molecule has 4 rings (SSSR count). The van der Waals surface area contributed by atoms with Crippen molar-refractivity contribution in [1.82, 2.24) is 0 Å². The Morgan fingerprint density at radius 1 is 0.870 bits per heavy atom. The summed E-state index contributed by atoms with van der Waals surface area (Å²) < 4.78 is 0. The smallest absolute Gasteiger partial charge is 0.115 e. The van der Waals surface area contributed by atoms with Crippen LogP contribution in [0.4, 0.5) is 0 Å². The minimum atomic E-state index is -0.145. The van der Waals surface area contributed by atoms with Gasteiger partial charge in [-0.05, 0) is 63.4 Å². The van der Waals surface area contributed by atoms with Gasteiger partial charge in [0, 0.05) is 0 Å². The minimum Gasteiger partial charge on any atom is -0.508 e. The van der Waals surface area contributed by atoms with Crippen molar-refractivity contribution in [3.63, 3.8) is 0 Å². The normalized spacial score (nSPS) is 18.3. The third kappa shape index (κ3) is 2.54. The monoisotopic (exact) mass is 299 g/mol. The summed E-state index contributed by atoms with van der Waals surface area (Å²) in [7, 11) is 0. The maximum atomic E-state index is 9.39. The number of benzene rings is 3. The Morgan fingerprint density at radius 2 is 1.57 bits per heavy atom. The molecule has 3 aromatic rings. The zero-order valence-electron chi connectivity index (χ0n) is 12.6. The molecule has 0 radical (unpaired) electrons. The molecule has 0 amide bonds. The van der Waals surface area contributed by atoms with Crippen LogP contribution in [0.1, 0.15) is 22.7 Å². The molecule has 0 saturated carbocycles. The molecular weight excluding hydrogens is 282 g/mol. The van der Waals surface area contributed by atoms with Crippen LogP contribution in [0.2, 0.25) is 0 Å². The van der Waals surface area contributed by atoms with Crippen LogP contribution in [0.3, 0.4) is 0 Å². The molecule has 112 valence electrons. The van der Waals surface area contributed by atoms with E-state index in [2.05, 4.69) is 48.6 Å². The minimum absolute atomic E-state index is 0.145. The molecule has 2 nitrogen and oxygen atoms in total. The van der Waals surface area contributed by atoms with Crippen LogP contribution in [-0.4, -0.2) is 5.11 Å². The summed E-state index contributed by atoms with van der Waals surface area (Å²) in [5, 5.41) is 11.8. The first-order chi connectivity index (χ1) is 11.2. The van der Waals surface area contributed by atoms with Gasteiger partial charge < -0.3 is 10.8 Å². The van der Waals surface area contributed by atoms with Gasteiger partial charge in [-0.2, -0.15) is 0 Å². The summed E-state index contributed by atoms with van der Waals surface area (Å²) in [6, 6.07) is 19.7. The lowest BCUT2D eigenvalue weighted by atomic mass is 9.87. The van der Waals surface area contributed by atoms with Crippen LogP contribution in [0, 0.1) is 0 Å². The van der Waals surface area contributed by atoms with Gasteiger partial charge in [-0.15, -0.1) is 0 Å². The predicted molar refractivity (Wildman–Crippen MR) is 96.0 cm³/mol. The number of phenols is 1. The van der Waals surface area contributed by atoms with Gasteiger partial charge in [-0.1, -0.05) is 48.6 Å². The highest BCUT2D eigenvalue weighted by atomic mass is 16.3. The van der Waals surface area contributed by atoms with Gasteiger partial charge in [-0.25, -0.2) is 0 Å². The molecule has 23 heavy (non-hydrogen) atoms. The molecule has 1 aliphatic rings. The van der Waals surface area contributed by atoms with Crippen molar-refractivity contribution in [2.24, 2.45) is 5.73 Å². The molecule has 1 atom stereocenters. The van der Waals surface area contributed by atoms with Crippen molar-refractivity contribution in [1.29, 1.82) is 0 Å². The van der Waals surface area contributed by atoms with Crippen LogP contribution in [0.5, 0.6) is 5.75 Å². The van der Waals surface area contributed by atoms with Crippen molar-refractivity contribution in [2.45, 2.75) is 6.04 Å². The fourth-order valence-corrected chi connectivity index (χ4v) is 3.06. The SMILES string of the molecule is NC1C(=Cc2ccc(O)cc2)C=Cc2cc3ccccc3cc21. The summed E-state index contributed by atoms with van der Waals surface area (Å²) in [5.74, 6) is 0.271. The molecule has 0 bridgehead atoms. The van der Waals surface area contributed by atoms with Crippen molar-refractivity contribution in [2.75, 3.05) is 0 Å². The van der Waals surface area contributed by atoms with E-state index in [1.54, 1.807) is 12.1 Å². The first-order valence-corrected chi connectivity index (χ1v) is 7.68. The van der Waals surface area contributed by atoms with Crippen molar-refractivity contribution in [3.05, 3.63) is 89.0 Å². The quantitative estimate of drug-likeness (QED) is 0.686. The van der Waals surface area contributed by atoms with E-state index in [0.717, 1.165) is 16.7 Å². The molecule has 3 N–H and O–H groups in total. The largest absolute Gasteiger partial charge is 0.508 e. The summed E-state index contributed by atoms with van der Waals surface area (Å²) in [5.41, 5.74) is 10.9. The van der Waals surface area contributed by atoms with E-state index < -0.39 is 0 Å². The van der Waals surface area contributed by atoms with E-state index in [-0.39, 0.29) is 11.8 Å². The van der Waals surface area contributed by atoms with Gasteiger partial charge >= 0.3 is 0 Å². The van der Waals surface area contributed by atoms with Crippen LogP contribution in [-0.2, 0) is 0 Å². The molecule has 0 aromatic heterocycles. The molecule has 3 aromatic carbocycles. The topological polar surface area (TPSA) is 46.2 Å². The maximum Gasteiger partial charge on any atom is 0.115 e. The van der Waals surface area contributed by atoms with Gasteiger partial charge in [-0.3, -0.25) is 0 Å². The van der Waals surface area contributed by atoms with Gasteiger partial charge in [0.2, 0.25) is 0 Å². The first-order valence-electron chi connectivity index (χ1n) is 7.68. The van der Waals surface area contributed by atoms with Crippen LogP contribution < -0.4 is 5.73 Å². The van der Waals surface area contributed by atoms with E-state index in [4.69, 9.17) is 5.73 Å². The highest BCUT2D eigenvalue weighted by molar-refractivity contribution is 5.87. The van der Waals surface area contributed by atoms with Gasteiger partial charge in [0.25, 0.3) is 0 Å². The molecule has 1 aliphatic carbocycles. The second kappa shape index (κ2) is 5.41. The van der Waals surface area contributed by atoms with Gasteiger partial charge in [0.05, 0.1) is 6.04 Å². The third-order valence-electron chi connectivity index (χ3n) is 4.33. The van der Waals surface area contributed by atoms with E-state index in [1.165, 1.54) is 16.3 Å². The molecule has 0 aliphatic heterocycles. The zero-order chi connectivity index (χ0) is 15.8. The molecule has 0 fully saturated rings. The Bertz CT molecular complexity index is 936. The lowest BCUT2D eigenvalue weighted by Gasteiger charge is -2.22. The highest BCUT2D eigenvalue weighted by Crippen LogP contribution is 2.34. The van der Waals surface area contributed by atoms with E-state index in [9.17, 15) is 5.11 Å². The molecule has 2 heteroatoms. The fraction of sp³-hybridized carbons (Fsp3) is 0.0476. The highest BCUT2D eigenvalue weighted by Gasteiger charge is 2.18. The maximum absolute atomic E-state index is 9.39. The van der Waals surface area contributed by atoms with Crippen LogP contribution in [0.15, 0.2) is 72.3 Å². The van der Waals surface area contributed by atoms with Crippen LogP contribution >= 0.6 is 0 Å². The van der Waals surface area contributed by atoms with Crippen LogP contribution in [0.25, 0.3) is 22.9 Å². The molecule has 0 spiro atoms. The zero-order valence-corrected chi connectivity index (χ0v) is 12.6. The van der Waals surface area contributed by atoms with E-state index in [0.29, 0.717) is 0 Å². The summed E-state index contributed by atoms with van der Waals surface area (Å²) in [4.78, 5) is 0. The average Bonchev–Trinajstić information content (AvgIpc) is 2.58. The Hall–Kier alpha value is -2.84. The van der Waals surface area contributed by atoms with Crippen molar-refractivity contribution in [3.8, 4) is 5.75 Å². The van der Waals surface area contributed by atoms with E-state index in [1.807, 2.05) is 18.2 Å². The lowest BCUT2D eigenvalue weighted by molar-refractivity contribution is 0.475. The third-order valence-corrected chi connectivity index (χ3v) is 4.33. The molecule has 0 saturated heterocycles. The molecular formula is C21H17NO. The number of hydrogen-bond acceptors (Lipinski definition) is 2. The second-order valence-corrected chi connectivity index (χ2v) is 5.88. The Kier molecular flexibility index (Phi) is 3.25. The standard InChI is InChI=1S/C21H17NO/c22-21-18(11-14-5-9-19(23)10-6-14)8-7-17-12-15-3-1-2-4-16(15)13-20(17)21/h1-13,21,23H,22H2. The number of aromatic hydroxyl groups is 1. The second-order valence-electron chi connectivity index (χ2n) is 5.88. The first kappa shape index (κ1) is 13.8. The number of phenolic OH excluding ortho intramolecular Hbond substituents is 1. The van der Waals surface area contributed by atoms with Gasteiger partial charge in [0.1, 0.15) is 5.75 Å². The molecule has 0 heterocycles. The Labute approximate surface area is 135 Å². The average molecular weight is 299 g/mol. The number of nitrogens with two attached hydrogens (primary N) is 1. The van der Waals surface area contributed by atoms with Crippen molar-refractivity contribution < 1.29 is 5.11 Å². The Morgan fingerprint density at radius 3 is 2.30 bits per heavy atom. The number of fused-ring (bicyclic) bond motifs is 2. The summed E-state index contributed by atoms with van der Waals surface area (Å²) in [6.07, 6.45) is 6.27. The lowest BCUT2D eigenvalue weighted by Crippen LogP contribution is -2.16. The Balaban J connectivity index is 1.78. The van der Waals surface area contributed by atoms with E-state index >= 15 is 0 Å². The van der Waals surface area contributed by atoms with Gasteiger partial charge in [0.15, 0.2) is 0 Å². The summed E-state index contributed by atoms with van der Waals surface area (Å²) >= 11 is 0. The predicted octanol–water partition coefficient (Wildman–Crippen LogP) is 4.66. The summed E-state index contributed by atoms with van der Waals surface area (Å²) in [6.45, 7) is 0. The number of hydrogen-bond donors (Lipinski definition) is 2. The molecule has 1 unspecified atom stereocenters. The fourth-order valence-electron chi connectivity index (χ4n) is 3.06. The number of rotatable bonds is 1. The van der Waals surface area contributed by atoms with Crippen molar-refractivity contribution >= 4 is 22.9 Å².